The van der Waals surface area contributed by atoms with E-state index in [1.807, 2.05) is 31.2 Å². The molecule has 2 heterocycles. The Morgan fingerprint density at radius 3 is 2.83 bits per heavy atom. The molecule has 1 aromatic carbocycles. The van der Waals surface area contributed by atoms with Gasteiger partial charge in [0.2, 0.25) is 5.91 Å². The fourth-order valence-electron chi connectivity index (χ4n) is 4.14. The molecule has 2 aromatic heterocycles. The van der Waals surface area contributed by atoms with E-state index in [4.69, 9.17) is 10.7 Å². The van der Waals surface area contributed by atoms with Crippen molar-refractivity contribution >= 4 is 39.0 Å². The summed E-state index contributed by atoms with van der Waals surface area (Å²) in [5.41, 5.74) is 9.61. The lowest BCUT2D eigenvalue weighted by molar-refractivity contribution is -0.117. The van der Waals surface area contributed by atoms with Gasteiger partial charge in [-0.05, 0) is 62.8 Å². The summed E-state index contributed by atoms with van der Waals surface area (Å²) in [6, 6.07) is 7.81. The van der Waals surface area contributed by atoms with Crippen LogP contribution in [0, 0.1) is 6.92 Å². The van der Waals surface area contributed by atoms with Gasteiger partial charge in [0, 0.05) is 10.6 Å². The van der Waals surface area contributed by atoms with Gasteiger partial charge in [-0.25, -0.2) is 9.97 Å². The molecule has 30 heavy (non-hydrogen) atoms. The number of fused-ring (bicyclic) bond motifs is 3. The minimum Gasteiger partial charge on any atom is -0.383 e. The molecule has 0 unspecified atom stereocenters. The molecule has 3 aromatic rings. The van der Waals surface area contributed by atoms with Crippen molar-refractivity contribution in [2.75, 3.05) is 24.1 Å². The van der Waals surface area contributed by atoms with Crippen LogP contribution in [0.5, 0.6) is 0 Å². The van der Waals surface area contributed by atoms with Gasteiger partial charge in [0.25, 0.3) is 0 Å². The summed E-state index contributed by atoms with van der Waals surface area (Å²) in [5, 5.41) is 4.07. The van der Waals surface area contributed by atoms with Crippen molar-refractivity contribution in [2.24, 2.45) is 0 Å². The van der Waals surface area contributed by atoms with Crippen LogP contribution in [0.2, 0.25) is 0 Å². The molecule has 0 saturated heterocycles. The van der Waals surface area contributed by atoms with Crippen LogP contribution in [0.1, 0.15) is 48.0 Å². The number of anilines is 2. The van der Waals surface area contributed by atoms with E-state index in [9.17, 15) is 4.79 Å². The largest absolute Gasteiger partial charge is 0.383 e. The molecular formula is C23H29N5OS. The highest BCUT2D eigenvalue weighted by atomic mass is 32.1. The van der Waals surface area contributed by atoms with Crippen molar-refractivity contribution in [2.45, 2.75) is 52.5 Å². The molecule has 158 valence electrons. The monoisotopic (exact) mass is 423 g/mol. The summed E-state index contributed by atoms with van der Waals surface area (Å²) < 4.78 is 0. The number of hydrogen-bond donors (Lipinski definition) is 2. The van der Waals surface area contributed by atoms with Crippen molar-refractivity contribution in [3.05, 3.63) is 46.1 Å². The van der Waals surface area contributed by atoms with Gasteiger partial charge < -0.3 is 11.1 Å². The standard InChI is InChI=1S/C23H29N5OS/c1-3-12-28(14-20(29)25-17-10-6-4-8-15(17)2)13-19-26-22(24)21-16-9-5-7-11-18(16)30-23(21)27-19/h4,6,8,10H,3,5,7,9,11-14H2,1-2H3,(H,25,29)(H2,24,26,27). The molecule has 0 bridgehead atoms. The molecule has 0 saturated carbocycles. The van der Waals surface area contributed by atoms with Gasteiger partial charge in [0.1, 0.15) is 16.5 Å². The fraction of sp³-hybridized carbons (Fsp3) is 0.435. The van der Waals surface area contributed by atoms with Gasteiger partial charge in [-0.15, -0.1) is 11.3 Å². The van der Waals surface area contributed by atoms with Gasteiger partial charge >= 0.3 is 0 Å². The Kier molecular flexibility index (Phi) is 6.29. The summed E-state index contributed by atoms with van der Waals surface area (Å²) in [4.78, 5) is 26.6. The van der Waals surface area contributed by atoms with Crippen molar-refractivity contribution in [3.63, 3.8) is 0 Å². The third-order valence-electron chi connectivity index (χ3n) is 5.58. The number of aromatic nitrogens is 2. The number of carbonyl (C=O) groups excluding carboxylic acids is 1. The third-order valence-corrected chi connectivity index (χ3v) is 6.77. The fourth-order valence-corrected chi connectivity index (χ4v) is 5.43. The zero-order valence-electron chi connectivity index (χ0n) is 17.7. The van der Waals surface area contributed by atoms with Crippen molar-refractivity contribution < 1.29 is 4.79 Å². The number of carbonyl (C=O) groups is 1. The lowest BCUT2D eigenvalue weighted by Gasteiger charge is -2.21. The Hall–Kier alpha value is -2.51. The van der Waals surface area contributed by atoms with Crippen LogP contribution in [0.25, 0.3) is 10.2 Å². The molecular weight excluding hydrogens is 394 g/mol. The number of aryl methyl sites for hydroxylation is 3. The van der Waals surface area contributed by atoms with Crippen LogP contribution in [-0.2, 0) is 24.2 Å². The maximum atomic E-state index is 12.6. The molecule has 6 nitrogen and oxygen atoms in total. The van der Waals surface area contributed by atoms with Crippen LogP contribution < -0.4 is 11.1 Å². The first-order chi connectivity index (χ1) is 14.5. The molecule has 1 aliphatic carbocycles. The van der Waals surface area contributed by atoms with E-state index in [1.165, 1.54) is 23.3 Å². The highest BCUT2D eigenvalue weighted by molar-refractivity contribution is 7.19. The van der Waals surface area contributed by atoms with E-state index >= 15 is 0 Å². The lowest BCUT2D eigenvalue weighted by atomic mass is 9.97. The van der Waals surface area contributed by atoms with Gasteiger partial charge in [-0.3, -0.25) is 9.69 Å². The first-order valence-electron chi connectivity index (χ1n) is 10.7. The molecule has 7 heteroatoms. The molecule has 4 rings (SSSR count). The molecule has 3 N–H and O–H groups in total. The summed E-state index contributed by atoms with van der Waals surface area (Å²) in [7, 11) is 0. The maximum absolute atomic E-state index is 12.6. The molecule has 0 radical (unpaired) electrons. The van der Waals surface area contributed by atoms with E-state index < -0.39 is 0 Å². The first kappa shape index (κ1) is 20.8. The number of nitrogen functional groups attached to an aromatic ring is 1. The molecule has 0 aliphatic heterocycles. The van der Waals surface area contributed by atoms with Gasteiger partial charge in [0.05, 0.1) is 18.5 Å². The van der Waals surface area contributed by atoms with E-state index in [0.717, 1.165) is 47.3 Å². The molecule has 0 fully saturated rings. The van der Waals surface area contributed by atoms with Crippen LogP contribution in [0.15, 0.2) is 24.3 Å². The number of rotatable bonds is 7. The van der Waals surface area contributed by atoms with Crippen LogP contribution in [-0.4, -0.2) is 33.9 Å². The lowest BCUT2D eigenvalue weighted by Crippen LogP contribution is -2.34. The number of hydrogen-bond acceptors (Lipinski definition) is 6. The number of nitrogens with zero attached hydrogens (tertiary/aromatic N) is 3. The molecule has 0 atom stereocenters. The molecule has 1 aliphatic rings. The Morgan fingerprint density at radius 1 is 1.23 bits per heavy atom. The average Bonchev–Trinajstić information content (AvgIpc) is 3.08. The summed E-state index contributed by atoms with van der Waals surface area (Å²) in [6.07, 6.45) is 5.58. The van der Waals surface area contributed by atoms with Crippen LogP contribution in [0.4, 0.5) is 11.5 Å². The number of para-hydroxylation sites is 1. The smallest absolute Gasteiger partial charge is 0.238 e. The number of benzene rings is 1. The number of nitrogens with two attached hydrogens (primary N) is 1. The number of amides is 1. The van der Waals surface area contributed by atoms with Crippen LogP contribution in [0.3, 0.4) is 0 Å². The second kappa shape index (κ2) is 9.10. The minimum absolute atomic E-state index is 0.0293. The summed E-state index contributed by atoms with van der Waals surface area (Å²) in [5.74, 6) is 1.24. The number of nitrogens with one attached hydrogen (secondary N) is 1. The predicted octanol–water partition coefficient (Wildman–Crippen LogP) is 4.31. The zero-order chi connectivity index (χ0) is 21.1. The summed E-state index contributed by atoms with van der Waals surface area (Å²) >= 11 is 1.76. The van der Waals surface area contributed by atoms with E-state index in [1.54, 1.807) is 11.3 Å². The minimum atomic E-state index is -0.0293. The second-order valence-corrected chi connectivity index (χ2v) is 9.07. The van der Waals surface area contributed by atoms with E-state index in [2.05, 4.69) is 22.1 Å². The van der Waals surface area contributed by atoms with E-state index in [-0.39, 0.29) is 5.91 Å². The van der Waals surface area contributed by atoms with Gasteiger partial charge in [0.15, 0.2) is 0 Å². The SMILES string of the molecule is CCCN(CC(=O)Nc1ccccc1C)Cc1nc(N)c2c3c(sc2n1)CCCC3. The average molecular weight is 424 g/mol. The predicted molar refractivity (Wildman–Crippen MR) is 124 cm³/mol. The Labute approximate surface area is 181 Å². The van der Waals surface area contributed by atoms with Gasteiger partial charge in [-0.2, -0.15) is 0 Å². The first-order valence-corrected chi connectivity index (χ1v) is 11.5. The van der Waals surface area contributed by atoms with Gasteiger partial charge in [-0.1, -0.05) is 25.1 Å². The van der Waals surface area contributed by atoms with Crippen molar-refractivity contribution in [3.8, 4) is 0 Å². The van der Waals surface area contributed by atoms with Crippen molar-refractivity contribution in [1.82, 2.24) is 14.9 Å². The second-order valence-electron chi connectivity index (χ2n) is 7.99. The zero-order valence-corrected chi connectivity index (χ0v) is 18.5. The van der Waals surface area contributed by atoms with E-state index in [0.29, 0.717) is 24.7 Å². The highest BCUT2D eigenvalue weighted by Crippen LogP contribution is 2.37. The number of thiophene rings is 1. The quantitative estimate of drug-likeness (QED) is 0.591. The summed E-state index contributed by atoms with van der Waals surface area (Å²) in [6.45, 7) is 5.70. The normalized spacial score (nSPS) is 13.6. The highest BCUT2D eigenvalue weighted by Gasteiger charge is 2.21. The Bertz CT molecular complexity index is 1060. The van der Waals surface area contributed by atoms with Crippen molar-refractivity contribution in [1.29, 1.82) is 0 Å². The topological polar surface area (TPSA) is 84.1 Å². The molecule has 1 amide bonds. The van der Waals surface area contributed by atoms with Crippen LogP contribution >= 0.6 is 11.3 Å². The maximum Gasteiger partial charge on any atom is 0.238 e. The Morgan fingerprint density at radius 2 is 2.03 bits per heavy atom. The third kappa shape index (κ3) is 4.47. The molecule has 0 spiro atoms. The Balaban J connectivity index is 1.50.